The summed E-state index contributed by atoms with van der Waals surface area (Å²) < 4.78 is 7.33. The minimum atomic E-state index is -0.608. The molecule has 2 aliphatic rings. The highest BCUT2D eigenvalue weighted by molar-refractivity contribution is 5.98. The molecule has 1 fully saturated rings. The number of hydrogen-bond acceptors (Lipinski definition) is 5. The van der Waals surface area contributed by atoms with Crippen LogP contribution >= 0.6 is 0 Å². The first-order valence-electron chi connectivity index (χ1n) is 8.44. The molecule has 0 aromatic carbocycles. The molecule has 130 valence electrons. The van der Waals surface area contributed by atoms with E-state index in [2.05, 4.69) is 9.97 Å². The van der Waals surface area contributed by atoms with Gasteiger partial charge in [0.25, 0.3) is 5.91 Å². The van der Waals surface area contributed by atoms with Crippen molar-refractivity contribution in [1.82, 2.24) is 19.4 Å². The average molecular weight is 340 g/mol. The number of rotatable bonds is 1. The summed E-state index contributed by atoms with van der Waals surface area (Å²) in [7, 11) is 0. The van der Waals surface area contributed by atoms with Crippen LogP contribution in [0.15, 0.2) is 24.7 Å². The van der Waals surface area contributed by atoms with Crippen molar-refractivity contribution in [2.75, 3.05) is 6.54 Å². The Labute approximate surface area is 145 Å². The van der Waals surface area contributed by atoms with Crippen LogP contribution in [0.4, 0.5) is 0 Å². The van der Waals surface area contributed by atoms with Crippen LogP contribution < -0.4 is 0 Å². The number of nitrogens with zero attached hydrogens (tertiary/aromatic N) is 4. The molecule has 4 heterocycles. The van der Waals surface area contributed by atoms with Gasteiger partial charge in [0, 0.05) is 12.7 Å². The molecule has 1 atom stereocenters. The monoisotopic (exact) mass is 340 g/mol. The third-order valence-electron chi connectivity index (χ3n) is 4.47. The summed E-state index contributed by atoms with van der Waals surface area (Å²) in [5.41, 5.74) is 1.42. The fourth-order valence-electron chi connectivity index (χ4n) is 3.54. The van der Waals surface area contributed by atoms with Gasteiger partial charge in [0.1, 0.15) is 11.9 Å². The van der Waals surface area contributed by atoms with Crippen molar-refractivity contribution >= 4 is 11.9 Å². The topological polar surface area (TPSA) is 77.3 Å². The quantitative estimate of drug-likeness (QED) is 0.746. The standard InChI is InChI=1S/C18H20N4O3/c1-18(2,3)25-17(24)14-15-12-7-5-9-21(12)16(23)13-11(6-4-8-19-13)22(15)10-20-14/h4,6,8,10,12H,5,7,9H2,1-3H3. The number of esters is 1. The SMILES string of the molecule is CC(C)(C)OC(=O)c1ncn2c1C1CCCN1C(=O)c1ncccc1-2. The average Bonchev–Trinajstić information content (AvgIpc) is 3.17. The summed E-state index contributed by atoms with van der Waals surface area (Å²) in [5, 5.41) is 0. The zero-order valence-electron chi connectivity index (χ0n) is 14.5. The van der Waals surface area contributed by atoms with Gasteiger partial charge >= 0.3 is 5.97 Å². The van der Waals surface area contributed by atoms with Crippen molar-refractivity contribution in [3.8, 4) is 5.69 Å². The van der Waals surface area contributed by atoms with Crippen LogP contribution in [0, 0.1) is 0 Å². The summed E-state index contributed by atoms with van der Waals surface area (Å²) >= 11 is 0. The summed E-state index contributed by atoms with van der Waals surface area (Å²) in [5.74, 6) is -0.565. The number of fused-ring (bicyclic) bond motifs is 5. The molecule has 0 saturated carbocycles. The number of ether oxygens (including phenoxy) is 1. The number of aromatic nitrogens is 3. The van der Waals surface area contributed by atoms with Gasteiger partial charge in [-0.1, -0.05) is 0 Å². The van der Waals surface area contributed by atoms with Crippen LogP contribution in [0.1, 0.15) is 66.3 Å². The van der Waals surface area contributed by atoms with Crippen LogP contribution in [0.5, 0.6) is 0 Å². The zero-order chi connectivity index (χ0) is 17.8. The molecule has 7 heteroatoms. The first kappa shape index (κ1) is 15.8. The molecule has 1 unspecified atom stereocenters. The Balaban J connectivity index is 1.90. The predicted octanol–water partition coefficient (Wildman–Crippen LogP) is 2.51. The van der Waals surface area contributed by atoms with Crippen molar-refractivity contribution in [3.05, 3.63) is 41.7 Å². The van der Waals surface area contributed by atoms with E-state index in [0.29, 0.717) is 23.6 Å². The highest BCUT2D eigenvalue weighted by Crippen LogP contribution is 2.39. The van der Waals surface area contributed by atoms with E-state index in [1.165, 1.54) is 0 Å². The predicted molar refractivity (Wildman–Crippen MR) is 89.5 cm³/mol. The molecule has 2 aromatic rings. The first-order chi connectivity index (χ1) is 11.9. The van der Waals surface area contributed by atoms with E-state index < -0.39 is 11.6 Å². The van der Waals surface area contributed by atoms with Crippen molar-refractivity contribution in [1.29, 1.82) is 0 Å². The Morgan fingerprint density at radius 3 is 2.88 bits per heavy atom. The molecule has 25 heavy (non-hydrogen) atoms. The highest BCUT2D eigenvalue weighted by Gasteiger charge is 2.41. The van der Waals surface area contributed by atoms with Crippen molar-refractivity contribution in [3.63, 3.8) is 0 Å². The Bertz CT molecular complexity index is 865. The van der Waals surface area contributed by atoms with Gasteiger partial charge in [-0.05, 0) is 45.7 Å². The molecular formula is C18H20N4O3. The molecule has 1 amide bonds. The van der Waals surface area contributed by atoms with Crippen LogP contribution in [0.3, 0.4) is 0 Å². The zero-order valence-corrected chi connectivity index (χ0v) is 14.5. The second kappa shape index (κ2) is 5.40. The Morgan fingerprint density at radius 2 is 2.12 bits per heavy atom. The molecule has 7 nitrogen and oxygen atoms in total. The van der Waals surface area contributed by atoms with Crippen molar-refractivity contribution in [2.24, 2.45) is 0 Å². The normalized spacial score (nSPS) is 19.1. The number of imidazole rings is 1. The lowest BCUT2D eigenvalue weighted by Gasteiger charge is -2.23. The Kier molecular flexibility index (Phi) is 3.42. The number of carbonyl (C=O) groups is 2. The smallest absolute Gasteiger partial charge is 0.359 e. The third kappa shape index (κ3) is 2.50. The lowest BCUT2D eigenvalue weighted by Crippen LogP contribution is -2.31. The largest absolute Gasteiger partial charge is 0.455 e. The Hall–Kier alpha value is -2.70. The van der Waals surface area contributed by atoms with E-state index in [0.717, 1.165) is 12.8 Å². The summed E-state index contributed by atoms with van der Waals surface area (Å²) in [6.45, 7) is 6.12. The molecule has 0 aliphatic carbocycles. The minimum absolute atomic E-state index is 0.100. The lowest BCUT2D eigenvalue weighted by atomic mass is 10.1. The van der Waals surface area contributed by atoms with E-state index >= 15 is 0 Å². The molecular weight excluding hydrogens is 320 g/mol. The molecule has 0 spiro atoms. The summed E-state index contributed by atoms with van der Waals surface area (Å²) in [6, 6.07) is 3.41. The maximum absolute atomic E-state index is 12.9. The molecule has 0 bridgehead atoms. The van der Waals surface area contributed by atoms with Gasteiger partial charge in [0.15, 0.2) is 11.4 Å². The Morgan fingerprint density at radius 1 is 1.32 bits per heavy atom. The first-order valence-corrected chi connectivity index (χ1v) is 8.44. The number of pyridine rings is 1. The van der Waals surface area contributed by atoms with Gasteiger partial charge in [-0.15, -0.1) is 0 Å². The van der Waals surface area contributed by atoms with Crippen molar-refractivity contribution < 1.29 is 14.3 Å². The molecule has 1 saturated heterocycles. The lowest BCUT2D eigenvalue weighted by molar-refractivity contribution is 0.00596. The van der Waals surface area contributed by atoms with Gasteiger partial charge in [0.2, 0.25) is 0 Å². The van der Waals surface area contributed by atoms with Crippen LogP contribution in [-0.4, -0.2) is 43.5 Å². The van der Waals surface area contributed by atoms with Gasteiger partial charge in [0.05, 0.1) is 17.4 Å². The van der Waals surface area contributed by atoms with Crippen molar-refractivity contribution in [2.45, 2.75) is 45.3 Å². The summed E-state index contributed by atoms with van der Waals surface area (Å²) in [4.78, 5) is 36.0. The number of carbonyl (C=O) groups excluding carboxylic acids is 2. The molecule has 2 aliphatic heterocycles. The maximum Gasteiger partial charge on any atom is 0.359 e. The molecule has 4 rings (SSSR count). The number of hydrogen-bond donors (Lipinski definition) is 0. The fourth-order valence-corrected chi connectivity index (χ4v) is 3.54. The second-order valence-corrected chi connectivity index (χ2v) is 7.38. The fraction of sp³-hybridized carbons (Fsp3) is 0.444. The van der Waals surface area contributed by atoms with Gasteiger partial charge in [-0.3, -0.25) is 9.36 Å². The number of amides is 1. The van der Waals surface area contributed by atoms with E-state index in [1.807, 2.05) is 31.4 Å². The van der Waals surface area contributed by atoms with E-state index in [-0.39, 0.29) is 17.6 Å². The van der Waals surface area contributed by atoms with Gasteiger partial charge in [-0.2, -0.15) is 0 Å². The van der Waals surface area contributed by atoms with Crippen LogP contribution in [0.2, 0.25) is 0 Å². The maximum atomic E-state index is 12.9. The second-order valence-electron chi connectivity index (χ2n) is 7.38. The molecule has 2 aromatic heterocycles. The third-order valence-corrected chi connectivity index (χ3v) is 4.47. The van der Waals surface area contributed by atoms with E-state index in [9.17, 15) is 9.59 Å². The molecule has 0 radical (unpaired) electrons. The van der Waals surface area contributed by atoms with Gasteiger partial charge in [-0.25, -0.2) is 14.8 Å². The van der Waals surface area contributed by atoms with E-state index in [4.69, 9.17) is 4.74 Å². The van der Waals surface area contributed by atoms with Crippen LogP contribution in [0.25, 0.3) is 5.69 Å². The van der Waals surface area contributed by atoms with Gasteiger partial charge < -0.3 is 9.64 Å². The summed E-state index contributed by atoms with van der Waals surface area (Å²) in [6.07, 6.45) is 4.88. The van der Waals surface area contributed by atoms with E-state index in [1.54, 1.807) is 23.5 Å². The molecule has 0 N–H and O–H groups in total. The van der Waals surface area contributed by atoms with Crippen LogP contribution in [-0.2, 0) is 4.74 Å². The highest BCUT2D eigenvalue weighted by atomic mass is 16.6. The minimum Gasteiger partial charge on any atom is -0.455 e.